The van der Waals surface area contributed by atoms with Crippen molar-refractivity contribution < 1.29 is 19.4 Å². The number of ether oxygens (including phenoxy) is 2. The smallest absolute Gasteiger partial charge is 0.251 e. The predicted octanol–water partition coefficient (Wildman–Crippen LogP) is 2.67. The molecule has 2 aliphatic heterocycles. The number of aliphatic hydroxyl groups excluding tert-OH is 1. The first kappa shape index (κ1) is 18.3. The molecule has 138 valence electrons. The number of nitrogens with zero attached hydrogens (tertiary/aromatic N) is 2. The number of benzene rings is 1. The number of amides is 1. The molecule has 0 unspecified atom stereocenters. The van der Waals surface area contributed by atoms with Gasteiger partial charge in [-0.3, -0.25) is 4.79 Å². The van der Waals surface area contributed by atoms with E-state index in [1.54, 1.807) is 36.9 Å². The van der Waals surface area contributed by atoms with Gasteiger partial charge in [0.2, 0.25) is 0 Å². The first-order chi connectivity index (χ1) is 12.4. The maximum atomic E-state index is 12.6. The molecular formula is C20H24N2O4. The Kier molecular flexibility index (Phi) is 4.92. The fourth-order valence-electron chi connectivity index (χ4n) is 3.36. The lowest BCUT2D eigenvalue weighted by molar-refractivity contribution is -0.137. The van der Waals surface area contributed by atoms with Crippen LogP contribution < -0.4 is 4.74 Å². The zero-order chi connectivity index (χ0) is 18.9. The molecule has 1 aromatic rings. The number of carbonyl (C=O) groups excluding carboxylic acids is 1. The molecule has 0 aliphatic carbocycles. The van der Waals surface area contributed by atoms with Gasteiger partial charge in [0, 0.05) is 11.6 Å². The largest absolute Gasteiger partial charge is 0.496 e. The molecule has 2 heterocycles. The second-order valence-electron chi connectivity index (χ2n) is 7.24. The van der Waals surface area contributed by atoms with Crippen LogP contribution in [-0.2, 0) is 9.53 Å². The first-order valence-corrected chi connectivity index (χ1v) is 8.92. The van der Waals surface area contributed by atoms with Crippen LogP contribution in [0, 0.1) is 11.3 Å². The van der Waals surface area contributed by atoms with Gasteiger partial charge in [-0.2, -0.15) is 5.26 Å². The van der Waals surface area contributed by atoms with E-state index in [9.17, 15) is 15.2 Å². The van der Waals surface area contributed by atoms with Crippen molar-refractivity contribution in [2.24, 2.45) is 0 Å². The lowest BCUT2D eigenvalue weighted by Gasteiger charge is -2.45. The maximum Gasteiger partial charge on any atom is 0.251 e. The second kappa shape index (κ2) is 7.00. The fourth-order valence-corrected chi connectivity index (χ4v) is 3.36. The van der Waals surface area contributed by atoms with E-state index in [0.29, 0.717) is 35.8 Å². The summed E-state index contributed by atoms with van der Waals surface area (Å²) in [5.41, 5.74) is 0.244. The first-order valence-electron chi connectivity index (χ1n) is 8.92. The van der Waals surface area contributed by atoms with Crippen LogP contribution in [0.3, 0.4) is 0 Å². The van der Waals surface area contributed by atoms with E-state index in [2.05, 4.69) is 13.0 Å². The number of hydrogen-bond acceptors (Lipinski definition) is 5. The van der Waals surface area contributed by atoms with Crippen molar-refractivity contribution in [1.29, 1.82) is 5.26 Å². The molecule has 3 rings (SSSR count). The summed E-state index contributed by atoms with van der Waals surface area (Å²) in [6.07, 6.45) is 2.49. The van der Waals surface area contributed by atoms with Crippen LogP contribution in [0.4, 0.5) is 0 Å². The van der Waals surface area contributed by atoms with Gasteiger partial charge in [0.1, 0.15) is 23.2 Å². The molecule has 0 radical (unpaired) electrons. The minimum Gasteiger partial charge on any atom is -0.496 e. The average molecular weight is 356 g/mol. The number of carbonyl (C=O) groups is 1. The Balaban J connectivity index is 1.92. The quantitative estimate of drug-likeness (QED) is 0.820. The summed E-state index contributed by atoms with van der Waals surface area (Å²) in [4.78, 5) is 14.2. The summed E-state index contributed by atoms with van der Waals surface area (Å²) in [7, 11) is 0. The van der Waals surface area contributed by atoms with Gasteiger partial charge in [-0.05, 0) is 38.5 Å². The molecule has 1 amide bonds. The van der Waals surface area contributed by atoms with Gasteiger partial charge in [0.15, 0.2) is 0 Å². The van der Waals surface area contributed by atoms with E-state index in [1.165, 1.54) is 6.08 Å². The number of aliphatic hydroxyl groups is 1. The van der Waals surface area contributed by atoms with Crippen molar-refractivity contribution >= 4 is 5.91 Å². The molecule has 0 saturated heterocycles. The predicted molar refractivity (Wildman–Crippen MR) is 95.3 cm³/mol. The molecule has 0 fully saturated rings. The van der Waals surface area contributed by atoms with E-state index in [4.69, 9.17) is 9.47 Å². The van der Waals surface area contributed by atoms with Crippen LogP contribution >= 0.6 is 0 Å². The van der Waals surface area contributed by atoms with Crippen molar-refractivity contribution in [1.82, 2.24) is 4.90 Å². The third-order valence-corrected chi connectivity index (χ3v) is 4.86. The highest BCUT2D eigenvalue weighted by atomic mass is 16.5. The molecule has 6 nitrogen and oxygen atoms in total. The van der Waals surface area contributed by atoms with Gasteiger partial charge in [0.05, 0.1) is 30.8 Å². The van der Waals surface area contributed by atoms with E-state index in [1.807, 2.05) is 0 Å². The summed E-state index contributed by atoms with van der Waals surface area (Å²) in [5.74, 6) is 0.988. The Morgan fingerprint density at radius 3 is 2.92 bits per heavy atom. The zero-order valence-corrected chi connectivity index (χ0v) is 15.4. The van der Waals surface area contributed by atoms with Crippen LogP contribution in [0.5, 0.6) is 5.75 Å². The number of rotatable bonds is 5. The van der Waals surface area contributed by atoms with Gasteiger partial charge < -0.3 is 19.5 Å². The van der Waals surface area contributed by atoms with Gasteiger partial charge in [-0.25, -0.2) is 0 Å². The van der Waals surface area contributed by atoms with E-state index >= 15 is 0 Å². The van der Waals surface area contributed by atoms with E-state index < -0.39 is 17.7 Å². The average Bonchev–Trinajstić information content (AvgIpc) is 2.96. The topological polar surface area (TPSA) is 82.8 Å². The van der Waals surface area contributed by atoms with Crippen LogP contribution in [-0.4, -0.2) is 40.8 Å². The number of hydrogen-bond donors (Lipinski definition) is 1. The molecule has 0 aromatic heterocycles. The summed E-state index contributed by atoms with van der Waals surface area (Å²) >= 11 is 0. The van der Waals surface area contributed by atoms with Crippen LogP contribution in [0.2, 0.25) is 0 Å². The van der Waals surface area contributed by atoms with Crippen LogP contribution in [0.25, 0.3) is 0 Å². The normalized spacial score (nSPS) is 23.7. The van der Waals surface area contributed by atoms with E-state index in [0.717, 1.165) is 12.8 Å². The van der Waals surface area contributed by atoms with Gasteiger partial charge >= 0.3 is 0 Å². The molecule has 2 atom stereocenters. The molecule has 0 spiro atoms. The Morgan fingerprint density at radius 1 is 1.46 bits per heavy atom. The number of nitriles is 1. The second-order valence-corrected chi connectivity index (χ2v) is 7.24. The minimum atomic E-state index is -0.934. The Labute approximate surface area is 153 Å². The van der Waals surface area contributed by atoms with Crippen molar-refractivity contribution in [3.05, 3.63) is 41.2 Å². The Hall–Kier alpha value is -2.52. The molecule has 1 aromatic carbocycles. The van der Waals surface area contributed by atoms with Gasteiger partial charge in [0.25, 0.3) is 5.91 Å². The summed E-state index contributed by atoms with van der Waals surface area (Å²) in [5, 5.41) is 20.1. The molecule has 26 heavy (non-hydrogen) atoms. The third kappa shape index (κ3) is 3.27. The lowest BCUT2D eigenvalue weighted by atomic mass is 9.85. The highest BCUT2D eigenvalue weighted by Gasteiger charge is 2.47. The fraction of sp³-hybridized carbons (Fsp3) is 0.500. The highest BCUT2D eigenvalue weighted by molar-refractivity contribution is 5.91. The maximum absolute atomic E-state index is 12.6. The molecule has 0 saturated carbocycles. The number of unbranched alkanes of at least 4 members (excludes halogenated alkanes) is 1. The molecule has 0 bridgehead atoms. The van der Waals surface area contributed by atoms with Gasteiger partial charge in [-0.15, -0.1) is 0 Å². The van der Waals surface area contributed by atoms with E-state index in [-0.39, 0.29) is 5.91 Å². The summed E-state index contributed by atoms with van der Waals surface area (Å²) in [6, 6.07) is 6.58. The van der Waals surface area contributed by atoms with Crippen LogP contribution in [0.15, 0.2) is 30.0 Å². The molecule has 1 N–H and O–H groups in total. The lowest BCUT2D eigenvalue weighted by Crippen LogP contribution is -2.54. The van der Waals surface area contributed by atoms with Crippen molar-refractivity contribution in [2.45, 2.75) is 51.4 Å². The van der Waals surface area contributed by atoms with Crippen molar-refractivity contribution in [2.75, 3.05) is 13.2 Å². The third-order valence-electron chi connectivity index (χ3n) is 4.86. The van der Waals surface area contributed by atoms with Gasteiger partial charge in [-0.1, -0.05) is 13.3 Å². The molecule has 2 aliphatic rings. The molecular weight excluding hydrogens is 332 g/mol. The zero-order valence-electron chi connectivity index (χ0n) is 15.4. The number of fused-ring (bicyclic) bond motifs is 1. The Morgan fingerprint density at radius 2 is 2.23 bits per heavy atom. The summed E-state index contributed by atoms with van der Waals surface area (Å²) in [6.45, 7) is 6.53. The highest BCUT2D eigenvalue weighted by Crippen LogP contribution is 2.44. The van der Waals surface area contributed by atoms with Crippen LogP contribution in [0.1, 0.15) is 50.8 Å². The monoisotopic (exact) mass is 356 g/mol. The van der Waals surface area contributed by atoms with Crippen molar-refractivity contribution in [3.8, 4) is 11.8 Å². The van der Waals surface area contributed by atoms with Crippen molar-refractivity contribution in [3.63, 3.8) is 0 Å². The standard InChI is InChI=1S/C20H24N2O4/c1-4-5-8-25-14-10-17(23)22(12-14)18-15-9-13(11-21)6-7-16(15)26-20(2,3)19(18)24/h6-7,9-10,18-19,24H,4-5,8,12H2,1-3H3/t18-,19+/m0/s1. The Bertz CT molecular complexity index is 779. The molecule has 6 heteroatoms. The minimum absolute atomic E-state index is 0.202. The summed E-state index contributed by atoms with van der Waals surface area (Å²) < 4.78 is 11.6. The SMILES string of the molecule is CCCCOC1=CC(=O)N([C@H]2c3cc(C#N)ccc3OC(C)(C)[C@@H]2O)C1.